The molecule has 0 radical (unpaired) electrons. The van der Waals surface area contributed by atoms with Crippen molar-refractivity contribution in [3.63, 3.8) is 0 Å². The molecule has 0 unspecified atom stereocenters. The van der Waals surface area contributed by atoms with Crippen LogP contribution in [-0.4, -0.2) is 0 Å². The van der Waals surface area contributed by atoms with Gasteiger partial charge in [-0.2, -0.15) is 0 Å². The van der Waals surface area contributed by atoms with Gasteiger partial charge in [-0.25, -0.2) is 4.57 Å². The molecule has 0 aliphatic heterocycles. The molecular weight excluding hydrogens is 266 g/mol. The van der Waals surface area contributed by atoms with Crippen molar-refractivity contribution in [3.8, 4) is 5.75 Å². The predicted molar refractivity (Wildman–Crippen MR) is 68.6 cm³/mol. The van der Waals surface area contributed by atoms with E-state index in [-0.39, 0.29) is 0 Å². The Morgan fingerprint density at radius 1 is 1.12 bits per heavy atom. The van der Waals surface area contributed by atoms with Gasteiger partial charge in [-0.3, -0.25) is 0 Å². The fourth-order valence-corrected chi connectivity index (χ4v) is 2.45. The summed E-state index contributed by atoms with van der Waals surface area (Å²) >= 11 is 10.9. The standard InChI is InChI=1S/C11H9Cl2O2P/c1-8-6-7-9-4-2-3-5-10(9)11(8)15-16(12,13)14/h2-7H,1H3. The molecule has 0 spiro atoms. The maximum atomic E-state index is 11.3. The van der Waals surface area contributed by atoms with Crippen LogP contribution >= 0.6 is 28.6 Å². The van der Waals surface area contributed by atoms with E-state index in [0.717, 1.165) is 16.3 Å². The summed E-state index contributed by atoms with van der Waals surface area (Å²) in [4.78, 5) is 0. The molecule has 0 N–H and O–H groups in total. The first kappa shape index (κ1) is 11.8. The second kappa shape index (κ2) is 4.29. The highest BCUT2D eigenvalue weighted by atomic mass is 35.9. The van der Waals surface area contributed by atoms with Crippen molar-refractivity contribution in [2.45, 2.75) is 6.92 Å². The highest BCUT2D eigenvalue weighted by Crippen LogP contribution is 2.58. The van der Waals surface area contributed by atoms with Gasteiger partial charge in [0.25, 0.3) is 0 Å². The number of aryl methyl sites for hydroxylation is 1. The SMILES string of the molecule is Cc1ccc2ccccc2c1OP(=O)(Cl)Cl. The van der Waals surface area contributed by atoms with Gasteiger partial charge in [0.05, 0.1) is 0 Å². The van der Waals surface area contributed by atoms with Crippen molar-refractivity contribution in [1.29, 1.82) is 0 Å². The van der Waals surface area contributed by atoms with E-state index in [0.29, 0.717) is 5.75 Å². The topological polar surface area (TPSA) is 26.3 Å². The maximum absolute atomic E-state index is 11.3. The van der Waals surface area contributed by atoms with Gasteiger partial charge in [0.15, 0.2) is 0 Å². The number of fused-ring (bicyclic) bond motifs is 1. The van der Waals surface area contributed by atoms with Gasteiger partial charge in [-0.1, -0.05) is 36.4 Å². The molecule has 0 aromatic heterocycles. The van der Waals surface area contributed by atoms with Crippen molar-refractivity contribution in [3.05, 3.63) is 42.0 Å². The summed E-state index contributed by atoms with van der Waals surface area (Å²) in [6, 6.07) is 11.5. The Kier molecular flexibility index (Phi) is 3.16. The third-order valence-electron chi connectivity index (χ3n) is 2.27. The van der Waals surface area contributed by atoms with Gasteiger partial charge >= 0.3 is 6.07 Å². The van der Waals surface area contributed by atoms with Gasteiger partial charge in [0.1, 0.15) is 5.75 Å². The number of hydrogen-bond acceptors (Lipinski definition) is 2. The lowest BCUT2D eigenvalue weighted by molar-refractivity contribution is 0.514. The Labute approximate surface area is 103 Å². The van der Waals surface area contributed by atoms with Crippen molar-refractivity contribution in [2.75, 3.05) is 0 Å². The van der Waals surface area contributed by atoms with Crippen LogP contribution in [0.1, 0.15) is 5.56 Å². The van der Waals surface area contributed by atoms with E-state index in [1.165, 1.54) is 0 Å². The van der Waals surface area contributed by atoms with Gasteiger partial charge in [0.2, 0.25) is 0 Å². The van der Waals surface area contributed by atoms with Crippen LogP contribution < -0.4 is 4.52 Å². The van der Waals surface area contributed by atoms with E-state index < -0.39 is 6.07 Å². The third-order valence-corrected chi connectivity index (χ3v) is 3.08. The van der Waals surface area contributed by atoms with Crippen LogP contribution in [0.25, 0.3) is 10.8 Å². The van der Waals surface area contributed by atoms with Crippen LogP contribution in [-0.2, 0) is 4.57 Å². The molecule has 0 aliphatic rings. The van der Waals surface area contributed by atoms with Gasteiger partial charge < -0.3 is 4.52 Å². The van der Waals surface area contributed by atoms with Gasteiger partial charge in [-0.15, -0.1) is 0 Å². The Bertz CT molecular complexity index is 577. The molecule has 0 atom stereocenters. The zero-order chi connectivity index (χ0) is 11.8. The first-order valence-electron chi connectivity index (χ1n) is 4.65. The van der Waals surface area contributed by atoms with Gasteiger partial charge in [-0.05, 0) is 17.9 Å². The average molecular weight is 275 g/mol. The van der Waals surface area contributed by atoms with E-state index >= 15 is 0 Å². The molecule has 0 fully saturated rings. The fraction of sp³-hybridized carbons (Fsp3) is 0.0909. The number of hydrogen-bond donors (Lipinski definition) is 0. The molecule has 16 heavy (non-hydrogen) atoms. The molecule has 2 nitrogen and oxygen atoms in total. The minimum atomic E-state index is -3.57. The minimum Gasteiger partial charge on any atom is -0.421 e. The summed E-state index contributed by atoms with van der Waals surface area (Å²) in [5, 5.41) is 1.84. The second-order valence-electron chi connectivity index (χ2n) is 3.44. The van der Waals surface area contributed by atoms with E-state index in [4.69, 9.17) is 27.0 Å². The lowest BCUT2D eigenvalue weighted by Crippen LogP contribution is -1.88. The smallest absolute Gasteiger partial charge is 0.421 e. The summed E-state index contributed by atoms with van der Waals surface area (Å²) in [7, 11) is 0. The molecule has 0 heterocycles. The zero-order valence-electron chi connectivity index (χ0n) is 8.48. The maximum Gasteiger partial charge on any atom is 0.428 e. The highest BCUT2D eigenvalue weighted by molar-refractivity contribution is 8.05. The Morgan fingerprint density at radius 2 is 1.81 bits per heavy atom. The zero-order valence-corrected chi connectivity index (χ0v) is 10.9. The van der Waals surface area contributed by atoms with Crippen molar-refractivity contribution < 1.29 is 9.09 Å². The molecule has 84 valence electrons. The monoisotopic (exact) mass is 274 g/mol. The Hall–Kier alpha value is -0.690. The van der Waals surface area contributed by atoms with Crippen LogP contribution in [0.2, 0.25) is 0 Å². The number of benzene rings is 2. The van der Waals surface area contributed by atoms with Crippen LogP contribution in [0.4, 0.5) is 0 Å². The Morgan fingerprint density at radius 3 is 2.50 bits per heavy atom. The van der Waals surface area contributed by atoms with Crippen molar-refractivity contribution >= 4 is 39.3 Å². The van der Waals surface area contributed by atoms with E-state index in [2.05, 4.69) is 0 Å². The first-order valence-corrected chi connectivity index (χ1v) is 8.08. The number of halogens is 2. The summed E-state index contributed by atoms with van der Waals surface area (Å²) < 4.78 is 16.4. The summed E-state index contributed by atoms with van der Waals surface area (Å²) in [6.45, 7) is 1.85. The molecule has 5 heteroatoms. The van der Waals surface area contributed by atoms with E-state index in [9.17, 15) is 4.57 Å². The number of rotatable bonds is 2. The minimum absolute atomic E-state index is 0.478. The highest BCUT2D eigenvalue weighted by Gasteiger charge is 2.19. The van der Waals surface area contributed by atoms with Crippen LogP contribution in [0, 0.1) is 6.92 Å². The molecular formula is C11H9Cl2O2P. The van der Waals surface area contributed by atoms with Crippen LogP contribution in [0.3, 0.4) is 0 Å². The normalized spacial score (nSPS) is 11.7. The largest absolute Gasteiger partial charge is 0.428 e. The van der Waals surface area contributed by atoms with Crippen molar-refractivity contribution in [2.24, 2.45) is 0 Å². The molecule has 2 rings (SSSR count). The molecule has 2 aromatic rings. The summed E-state index contributed by atoms with van der Waals surface area (Å²) in [6.07, 6.45) is -3.57. The van der Waals surface area contributed by atoms with Gasteiger partial charge in [0, 0.05) is 27.9 Å². The molecule has 0 bridgehead atoms. The molecule has 0 saturated carbocycles. The predicted octanol–water partition coefficient (Wildman–Crippen LogP) is 5.11. The first-order chi connectivity index (χ1) is 7.47. The third kappa shape index (κ3) is 2.52. The summed E-state index contributed by atoms with van der Waals surface area (Å²) in [5.74, 6) is 0.478. The molecule has 0 amide bonds. The van der Waals surface area contributed by atoms with Crippen LogP contribution in [0.5, 0.6) is 5.75 Å². The summed E-state index contributed by atoms with van der Waals surface area (Å²) in [5.41, 5.74) is 0.847. The fourth-order valence-electron chi connectivity index (χ4n) is 1.58. The molecule has 0 aliphatic carbocycles. The molecule has 0 saturated heterocycles. The molecule has 2 aromatic carbocycles. The average Bonchev–Trinajstić information content (AvgIpc) is 2.21. The quantitative estimate of drug-likeness (QED) is 0.711. The lowest BCUT2D eigenvalue weighted by atomic mass is 10.1. The van der Waals surface area contributed by atoms with Crippen LogP contribution in [0.15, 0.2) is 36.4 Å². The second-order valence-corrected chi connectivity index (χ2v) is 7.64. The van der Waals surface area contributed by atoms with Crippen molar-refractivity contribution in [1.82, 2.24) is 0 Å². The van der Waals surface area contributed by atoms with E-state index in [1.54, 1.807) is 0 Å². The van der Waals surface area contributed by atoms with E-state index in [1.807, 2.05) is 43.3 Å². The lowest BCUT2D eigenvalue weighted by Gasteiger charge is -2.12. The Balaban J connectivity index is 2.66.